The molecular weight excluding hydrogens is 406 g/mol. The first-order valence-electron chi connectivity index (χ1n) is 9.10. The number of amidine groups is 2. The molecule has 0 bridgehead atoms. The van der Waals surface area contributed by atoms with Crippen LogP contribution in [0.5, 0.6) is 0 Å². The summed E-state index contributed by atoms with van der Waals surface area (Å²) in [6.07, 6.45) is 1.46. The third-order valence-electron chi connectivity index (χ3n) is 4.56. The van der Waals surface area contributed by atoms with Crippen LogP contribution in [0.15, 0.2) is 50.4 Å². The van der Waals surface area contributed by atoms with Crippen molar-refractivity contribution in [3.05, 3.63) is 57.3 Å². The molecule has 2 aliphatic rings. The SMILES string of the molecule is Cc1cc([N+](=O)[O-])ccc1-c1ccc(/C=C2/C(=N)N3N=C(C(C)C)SC3=NC2=O)o1. The summed E-state index contributed by atoms with van der Waals surface area (Å²) in [5, 5.41) is 26.2. The van der Waals surface area contributed by atoms with Crippen LogP contribution in [-0.4, -0.2) is 31.9 Å². The van der Waals surface area contributed by atoms with Gasteiger partial charge in [-0.25, -0.2) is 0 Å². The van der Waals surface area contributed by atoms with Gasteiger partial charge in [0.25, 0.3) is 11.6 Å². The summed E-state index contributed by atoms with van der Waals surface area (Å²) in [5.74, 6) is 0.455. The largest absolute Gasteiger partial charge is 0.457 e. The minimum absolute atomic E-state index is 0.00451. The Kier molecular flexibility index (Phi) is 4.86. The van der Waals surface area contributed by atoms with Crippen LogP contribution < -0.4 is 0 Å². The van der Waals surface area contributed by atoms with E-state index in [1.54, 1.807) is 25.1 Å². The smallest absolute Gasteiger partial charge is 0.283 e. The number of non-ortho nitro benzene ring substituents is 1. The first kappa shape index (κ1) is 19.8. The van der Waals surface area contributed by atoms with Crippen molar-refractivity contribution >= 4 is 45.5 Å². The lowest BCUT2D eigenvalue weighted by molar-refractivity contribution is -0.384. The number of thioether (sulfide) groups is 1. The Morgan fingerprint density at radius 2 is 2.07 bits per heavy atom. The van der Waals surface area contributed by atoms with Crippen molar-refractivity contribution in [2.24, 2.45) is 16.0 Å². The van der Waals surface area contributed by atoms with Crippen molar-refractivity contribution in [1.82, 2.24) is 5.01 Å². The number of aryl methyl sites for hydroxylation is 1. The minimum atomic E-state index is -0.525. The molecule has 0 unspecified atom stereocenters. The molecule has 0 aliphatic carbocycles. The van der Waals surface area contributed by atoms with Crippen LogP contribution in [0.4, 0.5) is 5.69 Å². The van der Waals surface area contributed by atoms with Crippen LogP contribution in [0.3, 0.4) is 0 Å². The van der Waals surface area contributed by atoms with Crippen molar-refractivity contribution in [1.29, 1.82) is 5.41 Å². The number of nitro benzene ring substituents is 1. The van der Waals surface area contributed by atoms with E-state index in [1.807, 2.05) is 13.8 Å². The zero-order chi connectivity index (χ0) is 21.6. The number of hydrazone groups is 1. The van der Waals surface area contributed by atoms with E-state index in [4.69, 9.17) is 9.83 Å². The van der Waals surface area contributed by atoms with E-state index in [-0.39, 0.29) is 23.0 Å². The number of amides is 1. The topological polar surface area (TPSA) is 125 Å². The normalized spacial score (nSPS) is 17.5. The van der Waals surface area contributed by atoms with Gasteiger partial charge in [-0.2, -0.15) is 15.1 Å². The number of hydrogen-bond acceptors (Lipinski definition) is 7. The molecule has 1 aromatic carbocycles. The molecule has 30 heavy (non-hydrogen) atoms. The molecule has 1 aromatic heterocycles. The highest BCUT2D eigenvalue weighted by Gasteiger charge is 2.36. The molecule has 10 heteroatoms. The molecule has 3 heterocycles. The minimum Gasteiger partial charge on any atom is -0.457 e. The fourth-order valence-electron chi connectivity index (χ4n) is 3.00. The maximum atomic E-state index is 12.5. The molecule has 0 saturated carbocycles. The van der Waals surface area contributed by atoms with Crippen LogP contribution in [0.25, 0.3) is 17.4 Å². The van der Waals surface area contributed by atoms with Crippen LogP contribution in [0.2, 0.25) is 0 Å². The second kappa shape index (κ2) is 7.38. The maximum Gasteiger partial charge on any atom is 0.283 e. The summed E-state index contributed by atoms with van der Waals surface area (Å²) in [6, 6.07) is 7.89. The number of nitrogens with zero attached hydrogens (tertiary/aromatic N) is 4. The molecule has 1 amide bonds. The van der Waals surface area contributed by atoms with Gasteiger partial charge in [0.1, 0.15) is 16.6 Å². The molecule has 0 spiro atoms. The highest BCUT2D eigenvalue weighted by Crippen LogP contribution is 2.32. The van der Waals surface area contributed by atoms with Crippen LogP contribution in [-0.2, 0) is 4.79 Å². The molecule has 0 saturated heterocycles. The van der Waals surface area contributed by atoms with Gasteiger partial charge in [-0.3, -0.25) is 20.3 Å². The number of benzene rings is 1. The Bertz CT molecular complexity index is 1190. The van der Waals surface area contributed by atoms with Crippen LogP contribution in [0, 0.1) is 28.4 Å². The van der Waals surface area contributed by atoms with Gasteiger partial charge >= 0.3 is 0 Å². The summed E-state index contributed by atoms with van der Waals surface area (Å²) >= 11 is 1.29. The zero-order valence-electron chi connectivity index (χ0n) is 16.4. The number of nitro groups is 1. The number of hydrogen-bond donors (Lipinski definition) is 1. The van der Waals surface area contributed by atoms with Crippen molar-refractivity contribution < 1.29 is 14.1 Å². The maximum absolute atomic E-state index is 12.5. The second-order valence-electron chi connectivity index (χ2n) is 7.07. The van der Waals surface area contributed by atoms with Crippen molar-refractivity contribution in [2.45, 2.75) is 20.8 Å². The van der Waals surface area contributed by atoms with Gasteiger partial charge in [0.05, 0.1) is 10.5 Å². The average molecular weight is 423 g/mol. The van der Waals surface area contributed by atoms with Crippen molar-refractivity contribution in [2.75, 3.05) is 0 Å². The second-order valence-corrected chi connectivity index (χ2v) is 8.06. The van der Waals surface area contributed by atoms with E-state index in [2.05, 4.69) is 10.1 Å². The number of carbonyl (C=O) groups excluding carboxylic acids is 1. The van der Waals surface area contributed by atoms with Gasteiger partial charge in [0.15, 0.2) is 5.84 Å². The Hall–Kier alpha value is -3.53. The van der Waals surface area contributed by atoms with Gasteiger partial charge in [0.2, 0.25) is 5.17 Å². The van der Waals surface area contributed by atoms with Gasteiger partial charge in [-0.15, -0.1) is 0 Å². The number of carbonyl (C=O) groups is 1. The Balaban J connectivity index is 1.64. The number of aliphatic imine (C=N–C) groups is 1. The standard InChI is InChI=1S/C20H17N5O4S/c1-10(2)19-23-24-17(21)15(18(26)22-20(24)30-19)9-13-5-7-16(29-13)14-6-4-12(25(27)28)8-11(14)3/h4-10,21H,1-3H3/b15-9-,21-17?. The molecule has 2 aromatic rings. The van der Waals surface area contributed by atoms with E-state index in [1.165, 1.54) is 35.0 Å². The number of nitrogens with one attached hydrogen (secondary N) is 1. The predicted molar refractivity (Wildman–Crippen MR) is 115 cm³/mol. The Labute approximate surface area is 175 Å². The van der Waals surface area contributed by atoms with Gasteiger partial charge in [-0.1, -0.05) is 13.8 Å². The summed E-state index contributed by atoms with van der Waals surface area (Å²) < 4.78 is 5.82. The summed E-state index contributed by atoms with van der Waals surface area (Å²) in [7, 11) is 0. The lowest BCUT2D eigenvalue weighted by Gasteiger charge is -2.19. The Morgan fingerprint density at radius 3 is 2.73 bits per heavy atom. The van der Waals surface area contributed by atoms with E-state index in [0.717, 1.165) is 5.04 Å². The summed E-state index contributed by atoms with van der Waals surface area (Å²) in [6.45, 7) is 5.73. The highest BCUT2D eigenvalue weighted by atomic mass is 32.2. The molecule has 2 aliphatic heterocycles. The van der Waals surface area contributed by atoms with Crippen molar-refractivity contribution in [3.8, 4) is 11.3 Å². The van der Waals surface area contributed by atoms with E-state index in [9.17, 15) is 14.9 Å². The lowest BCUT2D eigenvalue weighted by atomic mass is 10.1. The molecule has 4 rings (SSSR count). The fraction of sp³-hybridized carbons (Fsp3) is 0.200. The predicted octanol–water partition coefficient (Wildman–Crippen LogP) is 4.44. The van der Waals surface area contributed by atoms with Crippen LogP contribution >= 0.6 is 11.8 Å². The number of furan rings is 1. The molecule has 152 valence electrons. The highest BCUT2D eigenvalue weighted by molar-refractivity contribution is 8.27. The van der Waals surface area contributed by atoms with Crippen molar-refractivity contribution in [3.63, 3.8) is 0 Å². The molecule has 9 nitrogen and oxygen atoms in total. The molecular formula is C20H17N5O4S. The summed E-state index contributed by atoms with van der Waals surface area (Å²) in [4.78, 5) is 27.0. The van der Waals surface area contributed by atoms with Gasteiger partial charge in [0, 0.05) is 23.6 Å². The van der Waals surface area contributed by atoms with Gasteiger partial charge < -0.3 is 4.42 Å². The summed E-state index contributed by atoms with van der Waals surface area (Å²) in [5.41, 5.74) is 1.48. The van der Waals surface area contributed by atoms with Crippen LogP contribution in [0.1, 0.15) is 25.2 Å². The third-order valence-corrected chi connectivity index (χ3v) is 5.77. The first-order chi connectivity index (χ1) is 14.2. The molecule has 0 radical (unpaired) electrons. The molecule has 1 N–H and O–H groups in total. The zero-order valence-corrected chi connectivity index (χ0v) is 17.2. The third kappa shape index (κ3) is 3.45. The monoisotopic (exact) mass is 423 g/mol. The quantitative estimate of drug-likeness (QED) is 0.440. The Morgan fingerprint density at radius 1 is 1.30 bits per heavy atom. The molecule has 0 fully saturated rings. The van der Waals surface area contributed by atoms with E-state index < -0.39 is 10.8 Å². The lowest BCUT2D eigenvalue weighted by Crippen LogP contribution is -2.35. The van der Waals surface area contributed by atoms with E-state index in [0.29, 0.717) is 27.8 Å². The van der Waals surface area contributed by atoms with Gasteiger partial charge in [-0.05, 0) is 48.5 Å². The number of fused-ring (bicyclic) bond motifs is 1. The average Bonchev–Trinajstić information content (AvgIpc) is 3.32. The molecule has 0 atom stereocenters. The number of rotatable bonds is 4. The first-order valence-corrected chi connectivity index (χ1v) is 9.91. The van der Waals surface area contributed by atoms with E-state index >= 15 is 0 Å². The fourth-order valence-corrected chi connectivity index (χ4v) is 3.89.